The maximum atomic E-state index is 12.6. The van der Waals surface area contributed by atoms with E-state index in [1.807, 2.05) is 30.3 Å². The largest absolute Gasteiger partial charge is 0.487 e. The fraction of sp³-hybridized carbons (Fsp3) is 0.333. The van der Waals surface area contributed by atoms with Crippen LogP contribution in [0, 0.1) is 0 Å². The second kappa shape index (κ2) is 7.74. The van der Waals surface area contributed by atoms with Gasteiger partial charge in [0.15, 0.2) is 0 Å². The Morgan fingerprint density at radius 2 is 1.88 bits per heavy atom. The zero-order valence-electron chi connectivity index (χ0n) is 13.6. The first-order valence-electron chi connectivity index (χ1n) is 8.11. The lowest BCUT2D eigenvalue weighted by molar-refractivity contribution is 0.125. The quantitative estimate of drug-likeness (QED) is 0.842. The Hall–Kier alpha value is -2.28. The molecule has 0 radical (unpaired) electrons. The summed E-state index contributed by atoms with van der Waals surface area (Å²) in [5.41, 5.74) is 0.874. The van der Waals surface area contributed by atoms with Gasteiger partial charge in [0, 0.05) is 25.3 Å². The molecule has 1 saturated heterocycles. The van der Waals surface area contributed by atoms with Gasteiger partial charge in [-0.2, -0.15) is 0 Å². The Labute approximate surface area is 153 Å². The predicted octanol–water partition coefficient (Wildman–Crippen LogP) is 3.50. The van der Waals surface area contributed by atoms with Gasteiger partial charge in [0.25, 0.3) is 5.56 Å². The van der Waals surface area contributed by atoms with Crippen molar-refractivity contribution in [2.45, 2.75) is 25.5 Å². The third-order valence-electron chi connectivity index (χ3n) is 4.39. The van der Waals surface area contributed by atoms with E-state index in [9.17, 15) is 9.59 Å². The van der Waals surface area contributed by atoms with Gasteiger partial charge in [-0.15, -0.1) is 0 Å². The minimum absolute atomic E-state index is 0.00238. The van der Waals surface area contributed by atoms with E-state index >= 15 is 0 Å². The van der Waals surface area contributed by atoms with E-state index < -0.39 is 6.09 Å². The van der Waals surface area contributed by atoms with E-state index in [1.54, 1.807) is 16.8 Å². The predicted molar refractivity (Wildman–Crippen MR) is 97.0 cm³/mol. The molecule has 25 heavy (non-hydrogen) atoms. The van der Waals surface area contributed by atoms with Crippen LogP contribution < -0.4 is 10.3 Å². The van der Waals surface area contributed by atoms with Crippen LogP contribution in [0.3, 0.4) is 0 Å². The van der Waals surface area contributed by atoms with Crippen LogP contribution in [0.15, 0.2) is 51.9 Å². The van der Waals surface area contributed by atoms with Crippen molar-refractivity contribution in [3.8, 4) is 5.75 Å². The van der Waals surface area contributed by atoms with Gasteiger partial charge in [-0.05, 0) is 40.4 Å². The molecule has 1 aromatic heterocycles. The third-order valence-corrected chi connectivity index (χ3v) is 5.12. The monoisotopic (exact) mass is 406 g/mol. The lowest BCUT2D eigenvalue weighted by Gasteiger charge is -2.31. The number of halogens is 1. The van der Waals surface area contributed by atoms with Crippen molar-refractivity contribution in [2.75, 3.05) is 13.1 Å². The first-order chi connectivity index (χ1) is 12.1. The molecule has 2 aromatic rings. The summed E-state index contributed by atoms with van der Waals surface area (Å²) in [7, 11) is 0. The highest BCUT2D eigenvalue weighted by molar-refractivity contribution is 9.10. The molecule has 2 heterocycles. The zero-order chi connectivity index (χ0) is 17.8. The van der Waals surface area contributed by atoms with Gasteiger partial charge in [-0.1, -0.05) is 30.3 Å². The smallest absolute Gasteiger partial charge is 0.407 e. The van der Waals surface area contributed by atoms with E-state index in [-0.39, 0.29) is 11.6 Å². The molecule has 132 valence electrons. The summed E-state index contributed by atoms with van der Waals surface area (Å²) in [4.78, 5) is 25.0. The van der Waals surface area contributed by atoms with Crippen LogP contribution in [0.1, 0.15) is 24.4 Å². The summed E-state index contributed by atoms with van der Waals surface area (Å²) in [5.74, 6) is 0.507. The van der Waals surface area contributed by atoms with E-state index in [2.05, 4.69) is 15.9 Å². The number of hydrogen-bond acceptors (Lipinski definition) is 3. The number of rotatable bonds is 4. The third kappa shape index (κ3) is 4.04. The first kappa shape index (κ1) is 17.5. The number of ether oxygens (including phenoxy) is 1. The number of aromatic nitrogens is 1. The molecule has 3 rings (SSSR count). The standard InChI is InChI=1S/C18H19BrN2O4/c19-16-15(25-12-13-4-2-1-3-5-13)8-11-21(17(16)22)14-6-9-20(10-7-14)18(23)24/h1-5,8,11,14H,6-7,9-10,12H2,(H,23,24). The van der Waals surface area contributed by atoms with Crippen molar-refractivity contribution in [1.82, 2.24) is 9.47 Å². The van der Waals surface area contributed by atoms with E-state index in [4.69, 9.17) is 9.84 Å². The van der Waals surface area contributed by atoms with Crippen LogP contribution in [0.5, 0.6) is 5.75 Å². The summed E-state index contributed by atoms with van der Waals surface area (Å²) in [6, 6.07) is 11.5. The molecule has 0 unspecified atom stereocenters. The maximum Gasteiger partial charge on any atom is 0.407 e. The number of carboxylic acid groups (broad SMARTS) is 1. The van der Waals surface area contributed by atoms with Crippen LogP contribution in [0.25, 0.3) is 0 Å². The molecule has 0 spiro atoms. The van der Waals surface area contributed by atoms with Crippen molar-refractivity contribution < 1.29 is 14.6 Å². The molecular weight excluding hydrogens is 388 g/mol. The minimum atomic E-state index is -0.906. The van der Waals surface area contributed by atoms with Crippen LogP contribution in [-0.4, -0.2) is 33.8 Å². The molecule has 1 aliphatic rings. The van der Waals surface area contributed by atoms with Crippen LogP contribution in [0.2, 0.25) is 0 Å². The maximum absolute atomic E-state index is 12.6. The van der Waals surface area contributed by atoms with Gasteiger partial charge >= 0.3 is 6.09 Å². The van der Waals surface area contributed by atoms with Crippen molar-refractivity contribution in [3.63, 3.8) is 0 Å². The SMILES string of the molecule is O=C(O)N1CCC(n2ccc(OCc3ccccc3)c(Br)c2=O)CC1. The molecule has 1 aliphatic heterocycles. The van der Waals surface area contributed by atoms with Crippen molar-refractivity contribution in [3.05, 3.63) is 63.0 Å². The zero-order valence-corrected chi connectivity index (χ0v) is 15.2. The summed E-state index contributed by atoms with van der Waals surface area (Å²) >= 11 is 3.34. The summed E-state index contributed by atoms with van der Waals surface area (Å²) in [6.07, 6.45) is 2.08. The Bertz CT molecular complexity index is 798. The van der Waals surface area contributed by atoms with E-state index in [1.165, 1.54) is 4.90 Å². The van der Waals surface area contributed by atoms with Crippen LogP contribution in [-0.2, 0) is 6.61 Å². The molecule has 6 nitrogen and oxygen atoms in total. The number of piperidine rings is 1. The fourth-order valence-electron chi connectivity index (χ4n) is 2.98. The molecular formula is C18H19BrN2O4. The number of amides is 1. The topological polar surface area (TPSA) is 71.8 Å². The van der Waals surface area contributed by atoms with Crippen LogP contribution >= 0.6 is 15.9 Å². The van der Waals surface area contributed by atoms with E-state index in [0.29, 0.717) is 42.8 Å². The number of likely N-dealkylation sites (tertiary alicyclic amines) is 1. The van der Waals surface area contributed by atoms with Crippen molar-refractivity contribution in [2.24, 2.45) is 0 Å². The Kier molecular flexibility index (Phi) is 5.43. The summed E-state index contributed by atoms with van der Waals surface area (Å²) in [6.45, 7) is 1.27. The fourth-order valence-corrected chi connectivity index (χ4v) is 3.43. The second-order valence-corrected chi connectivity index (χ2v) is 6.77. The number of nitrogens with zero attached hydrogens (tertiary/aromatic N) is 2. The Morgan fingerprint density at radius 1 is 1.20 bits per heavy atom. The highest BCUT2D eigenvalue weighted by atomic mass is 79.9. The number of benzene rings is 1. The molecule has 0 aliphatic carbocycles. The molecule has 0 bridgehead atoms. The van der Waals surface area contributed by atoms with Gasteiger partial charge in [0.2, 0.25) is 0 Å². The number of pyridine rings is 1. The molecule has 1 fully saturated rings. The number of hydrogen-bond donors (Lipinski definition) is 1. The van der Waals surface area contributed by atoms with Crippen LogP contribution in [0.4, 0.5) is 4.79 Å². The molecule has 1 N–H and O–H groups in total. The Morgan fingerprint density at radius 3 is 2.52 bits per heavy atom. The van der Waals surface area contributed by atoms with E-state index in [0.717, 1.165) is 5.56 Å². The average molecular weight is 407 g/mol. The lowest BCUT2D eigenvalue weighted by Crippen LogP contribution is -2.40. The van der Waals surface area contributed by atoms with Gasteiger partial charge < -0.3 is 19.3 Å². The van der Waals surface area contributed by atoms with Crippen molar-refractivity contribution >= 4 is 22.0 Å². The molecule has 1 amide bonds. The summed E-state index contributed by atoms with van der Waals surface area (Å²) in [5, 5.41) is 9.02. The van der Waals surface area contributed by atoms with Gasteiger partial charge in [-0.25, -0.2) is 4.79 Å². The Balaban J connectivity index is 1.70. The van der Waals surface area contributed by atoms with Gasteiger partial charge in [0.05, 0.1) is 0 Å². The molecule has 0 atom stereocenters. The summed E-state index contributed by atoms with van der Waals surface area (Å²) < 4.78 is 7.81. The minimum Gasteiger partial charge on any atom is -0.487 e. The van der Waals surface area contributed by atoms with Crippen molar-refractivity contribution in [1.29, 1.82) is 0 Å². The first-order valence-corrected chi connectivity index (χ1v) is 8.91. The lowest BCUT2D eigenvalue weighted by atomic mass is 10.1. The van der Waals surface area contributed by atoms with Gasteiger partial charge in [0.1, 0.15) is 16.8 Å². The number of carbonyl (C=O) groups is 1. The molecule has 1 aromatic carbocycles. The van der Waals surface area contributed by atoms with Gasteiger partial charge in [-0.3, -0.25) is 4.79 Å². The average Bonchev–Trinajstić information content (AvgIpc) is 2.64. The highest BCUT2D eigenvalue weighted by Crippen LogP contribution is 2.26. The normalized spacial score (nSPS) is 15.2. The molecule has 0 saturated carbocycles. The molecule has 7 heteroatoms. The highest BCUT2D eigenvalue weighted by Gasteiger charge is 2.24. The second-order valence-electron chi connectivity index (χ2n) is 5.98.